The normalized spacial score (nSPS) is 11.5. The lowest BCUT2D eigenvalue weighted by Crippen LogP contribution is -2.26. The smallest absolute Gasteiger partial charge is 0.431 e. The highest BCUT2D eigenvalue weighted by molar-refractivity contribution is 7.56. The van der Waals surface area contributed by atoms with Gasteiger partial charge in [-0.1, -0.05) is 72.8 Å². The number of aliphatic carboxylic acids is 1. The van der Waals surface area contributed by atoms with Crippen LogP contribution in [0.2, 0.25) is 0 Å². The number of carboxylic acids is 1. The minimum Gasteiger partial charge on any atom is -0.481 e. The van der Waals surface area contributed by atoms with E-state index in [9.17, 15) is 19.0 Å². The first-order valence-corrected chi connectivity index (χ1v) is 15.2. The van der Waals surface area contributed by atoms with Crippen LogP contribution >= 0.6 is 15.2 Å². The van der Waals surface area contributed by atoms with Gasteiger partial charge in [0, 0.05) is 0 Å². The van der Waals surface area contributed by atoms with Gasteiger partial charge in [-0.05, 0) is 48.5 Å². The molecule has 0 amide bonds. The maximum absolute atomic E-state index is 14.0. The fourth-order valence-corrected chi connectivity index (χ4v) is 7.51. The number of hydrogen-bond acceptors (Lipinski definition) is 7. The summed E-state index contributed by atoms with van der Waals surface area (Å²) < 4.78 is 50.9. The van der Waals surface area contributed by atoms with E-state index in [2.05, 4.69) is 0 Å². The number of para-hydroxylation sites is 4. The SMILES string of the molecule is O=C(O)C(CP(=O)(Oc1ccccc1)Oc1ccccc1)CP(=O)(Oc1ccccc1)Oc1ccccc1. The van der Waals surface area contributed by atoms with Crippen molar-refractivity contribution in [3.8, 4) is 23.0 Å². The first-order chi connectivity index (χ1) is 18.3. The van der Waals surface area contributed by atoms with E-state index >= 15 is 0 Å². The molecule has 10 heteroatoms. The second-order valence-corrected chi connectivity index (χ2v) is 12.1. The summed E-state index contributed by atoms with van der Waals surface area (Å²) in [5.74, 6) is -1.88. The number of benzene rings is 4. The van der Waals surface area contributed by atoms with E-state index in [1.54, 1.807) is 121 Å². The molecule has 196 valence electrons. The zero-order chi connectivity index (χ0) is 26.8. The average Bonchev–Trinajstić information content (AvgIpc) is 2.90. The highest BCUT2D eigenvalue weighted by Gasteiger charge is 2.42. The number of carbonyl (C=O) groups is 1. The third-order valence-corrected chi connectivity index (χ3v) is 8.92. The molecule has 0 aromatic heterocycles. The van der Waals surface area contributed by atoms with Crippen molar-refractivity contribution in [1.29, 1.82) is 0 Å². The van der Waals surface area contributed by atoms with Gasteiger partial charge in [-0.25, -0.2) is 9.13 Å². The lowest BCUT2D eigenvalue weighted by atomic mass is 10.2. The molecule has 0 aliphatic rings. The summed E-state index contributed by atoms with van der Waals surface area (Å²) in [6.07, 6.45) is -1.18. The Hall–Kier alpha value is -3.99. The van der Waals surface area contributed by atoms with Gasteiger partial charge < -0.3 is 23.2 Å². The quantitative estimate of drug-likeness (QED) is 0.171. The largest absolute Gasteiger partial charge is 0.481 e. The van der Waals surface area contributed by atoms with Gasteiger partial charge in [0.15, 0.2) is 0 Å². The third-order valence-electron chi connectivity index (χ3n) is 5.19. The molecular formula is C28H26O8P2. The van der Waals surface area contributed by atoms with Crippen LogP contribution in [0, 0.1) is 5.92 Å². The molecule has 38 heavy (non-hydrogen) atoms. The van der Waals surface area contributed by atoms with Crippen LogP contribution in [0.5, 0.6) is 23.0 Å². The lowest BCUT2D eigenvalue weighted by molar-refractivity contribution is -0.140. The maximum atomic E-state index is 14.0. The van der Waals surface area contributed by atoms with Crippen molar-refractivity contribution in [3.05, 3.63) is 121 Å². The van der Waals surface area contributed by atoms with Crippen molar-refractivity contribution in [3.63, 3.8) is 0 Å². The van der Waals surface area contributed by atoms with Crippen molar-refractivity contribution in [2.45, 2.75) is 0 Å². The molecule has 0 bridgehead atoms. The summed E-state index contributed by atoms with van der Waals surface area (Å²) in [5.41, 5.74) is 0. The van der Waals surface area contributed by atoms with Crippen LogP contribution in [0.25, 0.3) is 0 Å². The molecule has 4 aromatic rings. The van der Waals surface area contributed by atoms with Crippen LogP contribution in [0.3, 0.4) is 0 Å². The fraction of sp³-hybridized carbons (Fsp3) is 0.107. The average molecular weight is 552 g/mol. The molecule has 0 unspecified atom stereocenters. The molecule has 0 aliphatic heterocycles. The lowest BCUT2D eigenvalue weighted by Gasteiger charge is -2.26. The Morgan fingerprint density at radius 1 is 0.526 bits per heavy atom. The predicted molar refractivity (Wildman–Crippen MR) is 144 cm³/mol. The predicted octanol–water partition coefficient (Wildman–Crippen LogP) is 7.39. The Labute approximate surface area is 220 Å². The van der Waals surface area contributed by atoms with Gasteiger partial charge in [-0.3, -0.25) is 4.79 Å². The topological polar surface area (TPSA) is 108 Å². The Morgan fingerprint density at radius 3 is 0.974 bits per heavy atom. The summed E-state index contributed by atoms with van der Waals surface area (Å²) >= 11 is 0. The zero-order valence-electron chi connectivity index (χ0n) is 20.2. The highest BCUT2D eigenvalue weighted by atomic mass is 31.2. The molecule has 0 saturated heterocycles. The monoisotopic (exact) mass is 552 g/mol. The minimum absolute atomic E-state index is 0.236. The van der Waals surface area contributed by atoms with E-state index in [0.29, 0.717) is 0 Å². The fourth-order valence-electron chi connectivity index (χ4n) is 3.51. The van der Waals surface area contributed by atoms with E-state index in [0.717, 1.165) is 0 Å². The van der Waals surface area contributed by atoms with Gasteiger partial charge in [0.25, 0.3) is 0 Å². The van der Waals surface area contributed by atoms with Crippen molar-refractivity contribution >= 4 is 21.2 Å². The van der Waals surface area contributed by atoms with E-state index in [1.165, 1.54) is 0 Å². The molecule has 0 aliphatic carbocycles. The van der Waals surface area contributed by atoms with Crippen molar-refractivity contribution < 1.29 is 37.1 Å². The molecule has 0 radical (unpaired) electrons. The second kappa shape index (κ2) is 12.5. The minimum atomic E-state index is -4.14. The van der Waals surface area contributed by atoms with Crippen LogP contribution in [-0.2, 0) is 13.9 Å². The summed E-state index contributed by atoms with van der Waals surface area (Å²) in [6.45, 7) is 0. The molecule has 4 aromatic carbocycles. The van der Waals surface area contributed by atoms with Gasteiger partial charge in [0.2, 0.25) is 0 Å². The molecule has 0 saturated carbocycles. The van der Waals surface area contributed by atoms with Crippen LogP contribution in [0.1, 0.15) is 0 Å². The van der Waals surface area contributed by atoms with E-state index < -0.39 is 39.4 Å². The molecule has 0 spiro atoms. The van der Waals surface area contributed by atoms with Crippen LogP contribution in [0.4, 0.5) is 0 Å². The van der Waals surface area contributed by atoms with Gasteiger partial charge >= 0.3 is 21.2 Å². The van der Waals surface area contributed by atoms with Gasteiger partial charge in [0.05, 0.1) is 18.2 Å². The summed E-state index contributed by atoms with van der Waals surface area (Å²) in [7, 11) is -8.27. The Morgan fingerprint density at radius 2 is 0.763 bits per heavy atom. The number of carboxylic acid groups (broad SMARTS) is 1. The first kappa shape index (κ1) is 27.1. The number of hydrogen-bond donors (Lipinski definition) is 1. The van der Waals surface area contributed by atoms with E-state index in [4.69, 9.17) is 18.1 Å². The Balaban J connectivity index is 1.64. The van der Waals surface area contributed by atoms with Crippen molar-refractivity contribution in [2.24, 2.45) is 5.92 Å². The second-order valence-electron chi connectivity index (χ2n) is 8.24. The van der Waals surface area contributed by atoms with Crippen LogP contribution in [0.15, 0.2) is 121 Å². The zero-order valence-corrected chi connectivity index (χ0v) is 22.0. The molecule has 0 fully saturated rings. The summed E-state index contributed by atoms with van der Waals surface area (Å²) in [4.78, 5) is 12.4. The van der Waals surface area contributed by atoms with Gasteiger partial charge in [-0.2, -0.15) is 0 Å². The van der Waals surface area contributed by atoms with Gasteiger partial charge in [-0.15, -0.1) is 0 Å². The van der Waals surface area contributed by atoms with Crippen LogP contribution in [-0.4, -0.2) is 23.4 Å². The molecular weight excluding hydrogens is 526 g/mol. The maximum Gasteiger partial charge on any atom is 0.431 e. The van der Waals surface area contributed by atoms with Crippen LogP contribution < -0.4 is 18.1 Å². The summed E-state index contributed by atoms with van der Waals surface area (Å²) in [5, 5.41) is 10.1. The first-order valence-electron chi connectivity index (χ1n) is 11.7. The molecule has 0 heterocycles. The Bertz CT molecular complexity index is 1210. The van der Waals surface area contributed by atoms with Crippen molar-refractivity contribution in [1.82, 2.24) is 0 Å². The summed E-state index contributed by atoms with van der Waals surface area (Å²) in [6, 6.07) is 33.2. The van der Waals surface area contributed by atoms with Gasteiger partial charge in [0.1, 0.15) is 23.0 Å². The molecule has 8 nitrogen and oxygen atoms in total. The highest BCUT2D eigenvalue weighted by Crippen LogP contribution is 2.54. The third kappa shape index (κ3) is 8.01. The molecule has 1 N–H and O–H groups in total. The van der Waals surface area contributed by atoms with Crippen molar-refractivity contribution in [2.75, 3.05) is 12.3 Å². The number of rotatable bonds is 13. The molecule has 0 atom stereocenters. The van der Waals surface area contributed by atoms with E-state index in [1.807, 2.05) is 0 Å². The Kier molecular flexibility index (Phi) is 8.90. The van der Waals surface area contributed by atoms with E-state index in [-0.39, 0.29) is 23.0 Å². The standard InChI is InChI=1S/C28H26O8P2/c29-28(30)23(21-37(31,33-24-13-5-1-6-14-24)34-25-15-7-2-8-16-25)22-38(32,35-26-17-9-3-10-18-26)36-27-19-11-4-12-20-27/h1-20,23H,21-22H2,(H,29,30). The molecule has 4 rings (SSSR count).